The fraction of sp³-hybridized carbons (Fsp3) is 0.320. The number of hydrogen-bond donors (Lipinski definition) is 1. The molecule has 1 aliphatic rings. The molecule has 33 heavy (non-hydrogen) atoms. The quantitative estimate of drug-likeness (QED) is 0.440. The van der Waals surface area contributed by atoms with Gasteiger partial charge >= 0.3 is 0 Å². The van der Waals surface area contributed by atoms with Crippen LogP contribution in [0.2, 0.25) is 0 Å². The molecule has 3 atom stereocenters. The van der Waals surface area contributed by atoms with Crippen molar-refractivity contribution in [1.29, 1.82) is 5.26 Å². The van der Waals surface area contributed by atoms with E-state index in [9.17, 15) is 13.6 Å². The number of nitrogens with one attached hydrogen (secondary N) is 1. The van der Waals surface area contributed by atoms with Gasteiger partial charge in [0, 0.05) is 18.7 Å². The highest BCUT2D eigenvalue weighted by atomic mass is 19.1. The second-order valence-corrected chi connectivity index (χ2v) is 8.35. The van der Waals surface area contributed by atoms with Crippen molar-refractivity contribution < 1.29 is 13.6 Å². The zero-order valence-electron chi connectivity index (χ0n) is 18.8. The van der Waals surface area contributed by atoms with Gasteiger partial charge in [-0.15, -0.1) is 0 Å². The van der Waals surface area contributed by atoms with E-state index in [1.54, 1.807) is 18.2 Å². The minimum Gasteiger partial charge on any atom is -0.310 e. The first-order valence-electron chi connectivity index (χ1n) is 10.5. The number of benzene rings is 1. The summed E-state index contributed by atoms with van der Waals surface area (Å²) in [6, 6.07) is 8.78. The molecule has 3 rings (SSSR count). The second-order valence-electron chi connectivity index (χ2n) is 8.35. The van der Waals surface area contributed by atoms with E-state index in [-0.39, 0.29) is 29.0 Å². The first-order valence-corrected chi connectivity index (χ1v) is 10.5. The Bertz CT molecular complexity index is 1150. The number of nitrogens with zero attached hydrogens (tertiary/aromatic N) is 4. The lowest BCUT2D eigenvalue weighted by molar-refractivity contribution is -0.126. The van der Waals surface area contributed by atoms with Gasteiger partial charge < -0.3 is 5.32 Å². The first kappa shape index (κ1) is 23.9. The Morgan fingerprint density at radius 2 is 2.03 bits per heavy atom. The van der Waals surface area contributed by atoms with Crippen molar-refractivity contribution >= 4 is 17.4 Å². The number of azo groups is 1. The van der Waals surface area contributed by atoms with Gasteiger partial charge in [0.05, 0.1) is 16.8 Å². The van der Waals surface area contributed by atoms with E-state index in [2.05, 4.69) is 27.1 Å². The molecule has 1 aromatic carbocycles. The Morgan fingerprint density at radius 3 is 2.61 bits per heavy atom. The van der Waals surface area contributed by atoms with Crippen LogP contribution in [0.25, 0.3) is 5.70 Å². The van der Waals surface area contributed by atoms with E-state index < -0.39 is 17.0 Å². The van der Waals surface area contributed by atoms with Crippen molar-refractivity contribution in [3.8, 4) is 6.07 Å². The molecule has 1 N–H and O–H groups in total. The molecule has 2 aromatic rings. The standard InChI is InChI=1S/C25H25F2N5O/c1-15(12-21(32-29-4)23-19(26)6-5-7-20(23)27)18-10-11-25(3,16(18)2)24(33)31-22-9-8-17(13-28)14-30-22/h5-9,12,14,16,18H,1,10-11H2,2-4H3,(H,30,31,33)/b21-12-,32-29-/t16?,18-,25+/m1/s1. The van der Waals surface area contributed by atoms with Gasteiger partial charge in [0.2, 0.25) is 5.91 Å². The van der Waals surface area contributed by atoms with Crippen molar-refractivity contribution in [2.75, 3.05) is 12.4 Å². The number of nitriles is 1. The van der Waals surface area contributed by atoms with Crippen LogP contribution in [-0.4, -0.2) is 17.9 Å². The molecule has 0 radical (unpaired) electrons. The van der Waals surface area contributed by atoms with Gasteiger partial charge in [-0.25, -0.2) is 13.8 Å². The number of pyridine rings is 1. The third-order valence-corrected chi connectivity index (χ3v) is 6.46. The smallest absolute Gasteiger partial charge is 0.231 e. The van der Waals surface area contributed by atoms with Gasteiger partial charge in [0.15, 0.2) is 0 Å². The summed E-state index contributed by atoms with van der Waals surface area (Å²) in [4.78, 5) is 17.2. The Labute approximate surface area is 191 Å². The zero-order chi connectivity index (χ0) is 24.2. The third kappa shape index (κ3) is 4.87. The minimum atomic E-state index is -0.736. The summed E-state index contributed by atoms with van der Waals surface area (Å²) >= 11 is 0. The predicted octanol–water partition coefficient (Wildman–Crippen LogP) is 5.90. The highest BCUT2D eigenvalue weighted by Gasteiger charge is 2.48. The van der Waals surface area contributed by atoms with Crippen LogP contribution in [0.4, 0.5) is 14.6 Å². The lowest BCUT2D eigenvalue weighted by atomic mass is 9.75. The van der Waals surface area contributed by atoms with Crippen LogP contribution in [0.3, 0.4) is 0 Å². The van der Waals surface area contributed by atoms with Gasteiger partial charge in [0.1, 0.15) is 23.5 Å². The summed E-state index contributed by atoms with van der Waals surface area (Å²) in [6.07, 6.45) is 4.22. The summed E-state index contributed by atoms with van der Waals surface area (Å²) in [5.41, 5.74) is 0.114. The molecule has 170 valence electrons. The highest BCUT2D eigenvalue weighted by Crippen LogP contribution is 2.50. The Kier molecular flexibility index (Phi) is 7.12. The van der Waals surface area contributed by atoms with Crippen LogP contribution in [0.15, 0.2) is 65.0 Å². The van der Waals surface area contributed by atoms with Crippen LogP contribution < -0.4 is 5.32 Å². The Morgan fingerprint density at radius 1 is 1.33 bits per heavy atom. The molecular weight excluding hydrogens is 424 g/mol. The van der Waals surface area contributed by atoms with Crippen molar-refractivity contribution in [3.63, 3.8) is 0 Å². The van der Waals surface area contributed by atoms with E-state index in [0.717, 1.165) is 12.1 Å². The molecule has 1 amide bonds. The van der Waals surface area contributed by atoms with Crippen LogP contribution in [0.5, 0.6) is 0 Å². The number of amides is 1. The predicted molar refractivity (Wildman–Crippen MR) is 122 cm³/mol. The molecule has 1 unspecified atom stereocenters. The summed E-state index contributed by atoms with van der Waals surface area (Å²) in [5.74, 6) is -1.48. The fourth-order valence-electron chi connectivity index (χ4n) is 4.28. The molecular formula is C25H25F2N5O. The van der Waals surface area contributed by atoms with E-state index in [4.69, 9.17) is 5.26 Å². The number of carbonyl (C=O) groups is 1. The molecule has 8 heteroatoms. The highest BCUT2D eigenvalue weighted by molar-refractivity contribution is 5.94. The maximum atomic E-state index is 14.3. The summed E-state index contributed by atoms with van der Waals surface area (Å²) in [7, 11) is 1.42. The number of carbonyl (C=O) groups excluding carboxylic acids is 1. The van der Waals surface area contributed by atoms with Crippen molar-refractivity contribution in [2.24, 2.45) is 27.5 Å². The van der Waals surface area contributed by atoms with Crippen LogP contribution in [0, 0.1) is 40.2 Å². The van der Waals surface area contributed by atoms with Crippen LogP contribution >= 0.6 is 0 Å². The normalized spacial score (nSPS) is 22.8. The number of aromatic nitrogens is 1. The number of rotatable bonds is 6. The zero-order valence-corrected chi connectivity index (χ0v) is 18.8. The van der Waals surface area contributed by atoms with Gasteiger partial charge in [-0.3, -0.25) is 4.79 Å². The van der Waals surface area contributed by atoms with E-state index in [1.165, 1.54) is 19.3 Å². The molecule has 1 aliphatic carbocycles. The molecule has 0 aliphatic heterocycles. The maximum absolute atomic E-state index is 14.3. The SMILES string of the molecule is C=C(/C=C(\N=N/C)c1c(F)cccc1F)[C@H]1CC[C@](C)(C(=O)Nc2ccc(C#N)cn2)C1C. The van der Waals surface area contributed by atoms with E-state index in [1.807, 2.05) is 19.9 Å². The second kappa shape index (κ2) is 9.82. The van der Waals surface area contributed by atoms with Gasteiger partial charge in [0.25, 0.3) is 0 Å². The Balaban J connectivity index is 1.82. The third-order valence-electron chi connectivity index (χ3n) is 6.46. The van der Waals surface area contributed by atoms with Gasteiger partial charge in [-0.05, 0) is 60.6 Å². The molecule has 6 nitrogen and oxygen atoms in total. The number of allylic oxidation sites excluding steroid dienone is 2. The fourth-order valence-corrected chi connectivity index (χ4v) is 4.28. The van der Waals surface area contributed by atoms with Crippen LogP contribution in [0.1, 0.15) is 37.8 Å². The molecule has 0 saturated heterocycles. The summed E-state index contributed by atoms with van der Waals surface area (Å²) < 4.78 is 28.6. The van der Waals surface area contributed by atoms with Crippen molar-refractivity contribution in [2.45, 2.75) is 26.7 Å². The summed E-state index contributed by atoms with van der Waals surface area (Å²) in [5, 5.41) is 19.4. The lowest BCUT2D eigenvalue weighted by Crippen LogP contribution is -2.37. The van der Waals surface area contributed by atoms with E-state index in [0.29, 0.717) is 29.8 Å². The van der Waals surface area contributed by atoms with E-state index >= 15 is 0 Å². The molecule has 0 spiro atoms. The topological polar surface area (TPSA) is 90.5 Å². The molecule has 1 fully saturated rings. The van der Waals surface area contributed by atoms with Crippen LogP contribution in [-0.2, 0) is 4.79 Å². The van der Waals surface area contributed by atoms with Gasteiger partial charge in [-0.2, -0.15) is 15.5 Å². The molecule has 1 heterocycles. The molecule has 1 aromatic heterocycles. The summed E-state index contributed by atoms with van der Waals surface area (Å²) in [6.45, 7) is 7.98. The molecule has 0 bridgehead atoms. The molecule has 1 saturated carbocycles. The minimum absolute atomic E-state index is 0.0464. The number of halogens is 2. The average molecular weight is 450 g/mol. The average Bonchev–Trinajstić information content (AvgIpc) is 3.10. The maximum Gasteiger partial charge on any atom is 0.231 e. The van der Waals surface area contributed by atoms with Crippen molar-refractivity contribution in [1.82, 2.24) is 4.98 Å². The number of anilines is 1. The Hall–Kier alpha value is -3.73. The first-order chi connectivity index (χ1) is 15.7. The van der Waals surface area contributed by atoms with Gasteiger partial charge in [-0.1, -0.05) is 26.5 Å². The monoisotopic (exact) mass is 449 g/mol. The lowest BCUT2D eigenvalue weighted by Gasteiger charge is -2.30. The number of hydrogen-bond acceptors (Lipinski definition) is 5. The largest absolute Gasteiger partial charge is 0.310 e. The van der Waals surface area contributed by atoms with Crippen molar-refractivity contribution in [3.05, 3.63) is 77.5 Å².